The van der Waals surface area contributed by atoms with Crippen LogP contribution in [0.25, 0.3) is 20.4 Å². The van der Waals surface area contributed by atoms with Crippen LogP contribution in [0, 0.1) is 0 Å². The number of carbonyl (C=O) groups is 1. The second-order valence-electron chi connectivity index (χ2n) is 7.86. The van der Waals surface area contributed by atoms with Gasteiger partial charge in [0.15, 0.2) is 5.13 Å². The summed E-state index contributed by atoms with van der Waals surface area (Å²) < 4.78 is 4.56. The van der Waals surface area contributed by atoms with E-state index in [1.165, 1.54) is 28.6 Å². The number of nitrogens with one attached hydrogen (secondary N) is 1. The van der Waals surface area contributed by atoms with E-state index < -0.39 is 0 Å². The summed E-state index contributed by atoms with van der Waals surface area (Å²) in [6.45, 7) is 4.38. The van der Waals surface area contributed by atoms with Gasteiger partial charge in [0.05, 0.1) is 20.4 Å². The van der Waals surface area contributed by atoms with Gasteiger partial charge in [-0.15, -0.1) is 11.3 Å². The van der Waals surface area contributed by atoms with Crippen molar-refractivity contribution < 1.29 is 4.79 Å². The zero-order valence-electron chi connectivity index (χ0n) is 16.1. The van der Waals surface area contributed by atoms with Gasteiger partial charge in [0.25, 0.3) is 5.91 Å². The number of amides is 1. The molecule has 0 radical (unpaired) electrons. The Hall–Kier alpha value is -2.18. The van der Waals surface area contributed by atoms with Crippen LogP contribution in [0.5, 0.6) is 0 Å². The van der Waals surface area contributed by atoms with Gasteiger partial charge in [-0.1, -0.05) is 44.1 Å². The van der Waals surface area contributed by atoms with Gasteiger partial charge in [-0.2, -0.15) is 0 Å². The van der Waals surface area contributed by atoms with Crippen LogP contribution in [0.2, 0.25) is 0 Å². The number of nitrogens with zero attached hydrogens (tertiary/aromatic N) is 2. The molecule has 6 heteroatoms. The van der Waals surface area contributed by atoms with Gasteiger partial charge in [-0.25, -0.2) is 4.98 Å². The zero-order valence-corrected chi connectivity index (χ0v) is 17.7. The predicted molar refractivity (Wildman–Crippen MR) is 119 cm³/mol. The average Bonchev–Trinajstić information content (AvgIpc) is 3.43. The Morgan fingerprint density at radius 1 is 1.18 bits per heavy atom. The summed E-state index contributed by atoms with van der Waals surface area (Å²) >= 11 is 3.25. The first-order valence-electron chi connectivity index (χ1n) is 9.90. The third kappa shape index (κ3) is 3.05. The van der Waals surface area contributed by atoms with Crippen molar-refractivity contribution in [3.63, 3.8) is 0 Å². The van der Waals surface area contributed by atoms with E-state index in [1.54, 1.807) is 22.7 Å². The predicted octanol–water partition coefficient (Wildman–Crippen LogP) is 6.80. The molecule has 1 aromatic carbocycles. The van der Waals surface area contributed by atoms with Crippen LogP contribution >= 0.6 is 22.7 Å². The monoisotopic (exact) mass is 409 g/mol. The summed E-state index contributed by atoms with van der Waals surface area (Å²) in [5.74, 6) is 0.422. The molecule has 3 heterocycles. The number of thiophene rings is 1. The van der Waals surface area contributed by atoms with Crippen LogP contribution in [0.4, 0.5) is 5.13 Å². The summed E-state index contributed by atoms with van der Waals surface area (Å²) in [7, 11) is 0. The number of hydrogen-bond donors (Lipinski definition) is 1. The standard InChI is InChI=1S/C22H23N3OS2/c1-13(2)14-7-8-16-19(11-14)28-22(23-16)24-21(26)18-12-20-17(9-10-27-20)25(18)15-5-3-4-6-15/h7-13,15H,3-6H2,1-2H3,(H,23,24,26). The van der Waals surface area contributed by atoms with Crippen molar-refractivity contribution in [3.05, 3.63) is 47.0 Å². The lowest BCUT2D eigenvalue weighted by molar-refractivity contribution is 0.101. The molecule has 28 heavy (non-hydrogen) atoms. The maximum atomic E-state index is 13.2. The molecule has 1 N–H and O–H groups in total. The van der Waals surface area contributed by atoms with Gasteiger partial charge in [-0.3, -0.25) is 10.1 Å². The van der Waals surface area contributed by atoms with E-state index in [9.17, 15) is 4.79 Å². The molecule has 0 atom stereocenters. The first-order chi connectivity index (χ1) is 13.6. The number of anilines is 1. The molecular formula is C22H23N3OS2. The second kappa shape index (κ2) is 7.01. The topological polar surface area (TPSA) is 46.9 Å². The van der Waals surface area contributed by atoms with Crippen LogP contribution < -0.4 is 5.32 Å². The summed E-state index contributed by atoms with van der Waals surface area (Å²) in [6.07, 6.45) is 4.79. The van der Waals surface area contributed by atoms with Crippen molar-refractivity contribution in [2.75, 3.05) is 5.32 Å². The third-order valence-electron chi connectivity index (χ3n) is 5.68. The molecule has 0 unspecified atom stereocenters. The van der Waals surface area contributed by atoms with E-state index in [2.05, 4.69) is 52.3 Å². The minimum Gasteiger partial charge on any atom is -0.333 e. The molecule has 144 valence electrons. The molecular weight excluding hydrogens is 386 g/mol. The lowest BCUT2D eigenvalue weighted by Crippen LogP contribution is -2.19. The molecule has 1 saturated carbocycles. The molecule has 3 aromatic heterocycles. The number of rotatable bonds is 4. The molecule has 0 bridgehead atoms. The van der Waals surface area contributed by atoms with Crippen LogP contribution in [-0.4, -0.2) is 15.5 Å². The molecule has 1 aliphatic carbocycles. The molecule has 4 aromatic rings. The number of aromatic nitrogens is 2. The van der Waals surface area contributed by atoms with Gasteiger partial charge >= 0.3 is 0 Å². The molecule has 1 aliphatic rings. The van der Waals surface area contributed by atoms with Crippen molar-refractivity contribution >= 4 is 54.1 Å². The molecule has 1 amide bonds. The summed E-state index contributed by atoms with van der Waals surface area (Å²) in [6, 6.07) is 11.0. The number of hydrogen-bond acceptors (Lipinski definition) is 4. The van der Waals surface area contributed by atoms with Crippen molar-refractivity contribution in [1.82, 2.24) is 9.55 Å². The smallest absolute Gasteiger partial charge is 0.274 e. The average molecular weight is 410 g/mol. The Morgan fingerprint density at radius 3 is 2.79 bits per heavy atom. The van der Waals surface area contributed by atoms with E-state index in [-0.39, 0.29) is 5.91 Å². The molecule has 0 saturated heterocycles. The van der Waals surface area contributed by atoms with Gasteiger partial charge in [0.1, 0.15) is 5.69 Å². The van der Waals surface area contributed by atoms with Crippen molar-refractivity contribution in [2.24, 2.45) is 0 Å². The van der Waals surface area contributed by atoms with Gasteiger partial charge in [0.2, 0.25) is 0 Å². The highest BCUT2D eigenvalue weighted by Gasteiger charge is 2.25. The molecule has 4 nitrogen and oxygen atoms in total. The van der Waals surface area contributed by atoms with Crippen molar-refractivity contribution in [3.8, 4) is 0 Å². The Kier molecular flexibility index (Phi) is 4.48. The van der Waals surface area contributed by atoms with E-state index in [1.807, 2.05) is 12.1 Å². The second-order valence-corrected chi connectivity index (χ2v) is 9.84. The molecule has 1 fully saturated rings. The number of benzene rings is 1. The first-order valence-corrected chi connectivity index (χ1v) is 11.6. The molecule has 0 spiro atoms. The number of fused-ring (bicyclic) bond motifs is 2. The van der Waals surface area contributed by atoms with Crippen LogP contribution in [0.1, 0.15) is 67.5 Å². The third-order valence-corrected chi connectivity index (χ3v) is 7.47. The molecule has 5 rings (SSSR count). The maximum absolute atomic E-state index is 13.2. The summed E-state index contributed by atoms with van der Waals surface area (Å²) in [5.41, 5.74) is 4.19. The Labute approximate surface area is 172 Å². The normalized spacial score (nSPS) is 15.2. The Morgan fingerprint density at radius 2 is 2.00 bits per heavy atom. The van der Waals surface area contributed by atoms with E-state index >= 15 is 0 Å². The van der Waals surface area contributed by atoms with Crippen molar-refractivity contribution in [2.45, 2.75) is 51.5 Å². The van der Waals surface area contributed by atoms with Gasteiger partial charge < -0.3 is 4.57 Å². The maximum Gasteiger partial charge on any atom is 0.274 e. The van der Waals surface area contributed by atoms with Gasteiger partial charge in [-0.05, 0) is 54.0 Å². The quantitative estimate of drug-likeness (QED) is 0.403. The number of thiazole rings is 1. The highest BCUT2D eigenvalue weighted by Crippen LogP contribution is 2.37. The lowest BCUT2D eigenvalue weighted by atomic mass is 10.0. The zero-order chi connectivity index (χ0) is 19.3. The fourth-order valence-corrected chi connectivity index (χ4v) is 5.91. The highest BCUT2D eigenvalue weighted by molar-refractivity contribution is 7.22. The SMILES string of the molecule is CC(C)c1ccc2nc(NC(=O)c3cc4sccc4n3C3CCCC3)sc2c1. The van der Waals surface area contributed by atoms with Crippen LogP contribution in [0.15, 0.2) is 35.7 Å². The Bertz CT molecular complexity index is 1160. The summed E-state index contributed by atoms with van der Waals surface area (Å²) in [5, 5.41) is 5.84. The van der Waals surface area contributed by atoms with Crippen molar-refractivity contribution in [1.29, 1.82) is 0 Å². The fraction of sp³-hybridized carbons (Fsp3) is 0.364. The van der Waals surface area contributed by atoms with E-state index in [0.717, 1.165) is 28.8 Å². The van der Waals surface area contributed by atoms with E-state index in [0.29, 0.717) is 17.1 Å². The minimum absolute atomic E-state index is 0.0570. The first kappa shape index (κ1) is 17.9. The lowest BCUT2D eigenvalue weighted by Gasteiger charge is -2.16. The fourth-order valence-electron chi connectivity index (χ4n) is 4.19. The highest BCUT2D eigenvalue weighted by atomic mass is 32.1. The van der Waals surface area contributed by atoms with Crippen LogP contribution in [0.3, 0.4) is 0 Å². The van der Waals surface area contributed by atoms with Gasteiger partial charge in [0, 0.05) is 6.04 Å². The largest absolute Gasteiger partial charge is 0.333 e. The Balaban J connectivity index is 1.48. The van der Waals surface area contributed by atoms with Crippen LogP contribution in [-0.2, 0) is 0 Å². The number of carbonyl (C=O) groups excluding carboxylic acids is 1. The summed E-state index contributed by atoms with van der Waals surface area (Å²) in [4.78, 5) is 17.8. The molecule has 0 aliphatic heterocycles. The minimum atomic E-state index is -0.0570. The van der Waals surface area contributed by atoms with E-state index in [4.69, 9.17) is 0 Å².